The highest BCUT2D eigenvalue weighted by molar-refractivity contribution is 6.32. The Labute approximate surface area is 127 Å². The van der Waals surface area contributed by atoms with Crippen molar-refractivity contribution in [2.75, 3.05) is 17.2 Å². The number of anilines is 2. The normalized spacial score (nSPS) is 9.76. The molecule has 1 aromatic carbocycles. The smallest absolute Gasteiger partial charge is 0.257 e. The molecule has 0 spiro atoms. The van der Waals surface area contributed by atoms with E-state index >= 15 is 0 Å². The predicted octanol–water partition coefficient (Wildman–Crippen LogP) is 3.29. The summed E-state index contributed by atoms with van der Waals surface area (Å²) in [7, 11) is 0. The molecular formula is C15H13ClN4O. The number of benzene rings is 1. The fraction of sp³-hybridized carbons (Fsp3) is 0.133. The maximum absolute atomic E-state index is 12.1. The minimum absolute atomic E-state index is 0.286. The topological polar surface area (TPSA) is 77.8 Å². The quantitative estimate of drug-likeness (QED) is 0.908. The van der Waals surface area contributed by atoms with Gasteiger partial charge in [0.15, 0.2) is 0 Å². The summed E-state index contributed by atoms with van der Waals surface area (Å²) >= 11 is 5.92. The molecule has 0 saturated carbocycles. The number of pyridine rings is 1. The van der Waals surface area contributed by atoms with E-state index in [2.05, 4.69) is 15.6 Å². The molecule has 0 radical (unpaired) electrons. The van der Waals surface area contributed by atoms with Crippen LogP contribution < -0.4 is 10.6 Å². The van der Waals surface area contributed by atoms with Crippen LogP contribution in [0.25, 0.3) is 0 Å². The summed E-state index contributed by atoms with van der Waals surface area (Å²) in [5.74, 6) is 0.432. The number of amides is 1. The zero-order chi connectivity index (χ0) is 15.2. The summed E-state index contributed by atoms with van der Waals surface area (Å²) in [6.45, 7) is 2.74. The van der Waals surface area contributed by atoms with E-state index in [0.29, 0.717) is 21.8 Å². The van der Waals surface area contributed by atoms with Crippen molar-refractivity contribution in [3.8, 4) is 6.07 Å². The number of carbonyl (C=O) groups excluding carboxylic acids is 1. The summed E-state index contributed by atoms with van der Waals surface area (Å²) in [5, 5.41) is 14.9. The lowest BCUT2D eigenvalue weighted by molar-refractivity contribution is 0.102. The van der Waals surface area contributed by atoms with Gasteiger partial charge in [-0.3, -0.25) is 4.79 Å². The van der Waals surface area contributed by atoms with Gasteiger partial charge in [-0.05, 0) is 37.3 Å². The fourth-order valence-electron chi connectivity index (χ4n) is 1.70. The first kappa shape index (κ1) is 14.8. The van der Waals surface area contributed by atoms with Gasteiger partial charge < -0.3 is 10.6 Å². The van der Waals surface area contributed by atoms with Crippen LogP contribution in [0.15, 0.2) is 36.5 Å². The standard InChI is InChI=1S/C15H13ClN4O/c1-2-18-14-6-4-11(9-19-14)15(21)20-12-5-3-10(8-17)13(16)7-12/h3-7,9H,2H2,1H3,(H,18,19)(H,20,21). The molecular weight excluding hydrogens is 288 g/mol. The third-order valence-electron chi connectivity index (χ3n) is 2.73. The number of rotatable bonds is 4. The van der Waals surface area contributed by atoms with Crippen LogP contribution in [0, 0.1) is 11.3 Å². The zero-order valence-electron chi connectivity index (χ0n) is 11.4. The molecule has 1 heterocycles. The molecule has 2 N–H and O–H groups in total. The van der Waals surface area contributed by atoms with E-state index in [4.69, 9.17) is 16.9 Å². The number of halogens is 1. The Hall–Kier alpha value is -2.58. The molecule has 1 aromatic heterocycles. The summed E-state index contributed by atoms with van der Waals surface area (Å²) in [6, 6.07) is 10.1. The van der Waals surface area contributed by atoms with Crippen molar-refractivity contribution in [3.63, 3.8) is 0 Å². The Bertz CT molecular complexity index is 692. The number of carbonyl (C=O) groups is 1. The van der Waals surface area contributed by atoms with Crippen LogP contribution in [0.3, 0.4) is 0 Å². The summed E-state index contributed by atoms with van der Waals surface area (Å²) in [5.41, 5.74) is 1.34. The van der Waals surface area contributed by atoms with Crippen molar-refractivity contribution in [2.24, 2.45) is 0 Å². The van der Waals surface area contributed by atoms with Gasteiger partial charge in [0.25, 0.3) is 5.91 Å². The largest absolute Gasteiger partial charge is 0.370 e. The van der Waals surface area contributed by atoms with Gasteiger partial charge in [0.2, 0.25) is 0 Å². The maximum Gasteiger partial charge on any atom is 0.257 e. The molecule has 0 aliphatic rings. The molecule has 0 aliphatic carbocycles. The van der Waals surface area contributed by atoms with E-state index in [1.54, 1.807) is 30.3 Å². The average molecular weight is 301 g/mol. The van der Waals surface area contributed by atoms with Crippen molar-refractivity contribution < 1.29 is 4.79 Å². The SMILES string of the molecule is CCNc1ccc(C(=O)Nc2ccc(C#N)c(Cl)c2)cn1. The molecule has 2 rings (SSSR count). The molecule has 5 nitrogen and oxygen atoms in total. The molecule has 0 unspecified atom stereocenters. The molecule has 0 bridgehead atoms. The van der Waals surface area contributed by atoms with Crippen molar-refractivity contribution in [1.29, 1.82) is 5.26 Å². The van der Waals surface area contributed by atoms with Gasteiger partial charge >= 0.3 is 0 Å². The van der Waals surface area contributed by atoms with Crippen LogP contribution in [0.5, 0.6) is 0 Å². The van der Waals surface area contributed by atoms with Crippen LogP contribution in [0.1, 0.15) is 22.8 Å². The van der Waals surface area contributed by atoms with Crippen molar-refractivity contribution >= 4 is 29.0 Å². The van der Waals surface area contributed by atoms with Crippen molar-refractivity contribution in [2.45, 2.75) is 6.92 Å². The minimum Gasteiger partial charge on any atom is -0.370 e. The second-order valence-electron chi connectivity index (χ2n) is 4.22. The Balaban J connectivity index is 2.10. The lowest BCUT2D eigenvalue weighted by Gasteiger charge is -2.07. The number of hydrogen-bond acceptors (Lipinski definition) is 4. The molecule has 21 heavy (non-hydrogen) atoms. The number of aromatic nitrogens is 1. The monoisotopic (exact) mass is 300 g/mol. The zero-order valence-corrected chi connectivity index (χ0v) is 12.1. The van der Waals surface area contributed by atoms with Crippen LogP contribution in [0.2, 0.25) is 5.02 Å². The highest BCUT2D eigenvalue weighted by Crippen LogP contribution is 2.20. The molecule has 0 saturated heterocycles. The lowest BCUT2D eigenvalue weighted by atomic mass is 10.2. The fourth-order valence-corrected chi connectivity index (χ4v) is 1.92. The first-order valence-electron chi connectivity index (χ1n) is 6.35. The number of nitriles is 1. The van der Waals surface area contributed by atoms with Crippen LogP contribution in [0.4, 0.5) is 11.5 Å². The molecule has 2 aromatic rings. The first-order chi connectivity index (χ1) is 10.1. The predicted molar refractivity (Wildman–Crippen MR) is 82.5 cm³/mol. The number of nitrogens with one attached hydrogen (secondary N) is 2. The Morgan fingerprint density at radius 3 is 2.76 bits per heavy atom. The second kappa shape index (κ2) is 6.73. The maximum atomic E-state index is 12.1. The van der Waals surface area contributed by atoms with E-state index in [0.717, 1.165) is 12.4 Å². The molecule has 1 amide bonds. The van der Waals surface area contributed by atoms with Gasteiger partial charge in [-0.25, -0.2) is 4.98 Å². The summed E-state index contributed by atoms with van der Waals surface area (Å²) in [4.78, 5) is 16.2. The van der Waals surface area contributed by atoms with E-state index < -0.39 is 0 Å². The van der Waals surface area contributed by atoms with Gasteiger partial charge in [-0.1, -0.05) is 11.6 Å². The van der Waals surface area contributed by atoms with E-state index in [-0.39, 0.29) is 5.91 Å². The second-order valence-corrected chi connectivity index (χ2v) is 4.63. The van der Waals surface area contributed by atoms with Gasteiger partial charge in [0.1, 0.15) is 11.9 Å². The first-order valence-corrected chi connectivity index (χ1v) is 6.72. The summed E-state index contributed by atoms with van der Waals surface area (Å²) in [6.07, 6.45) is 1.50. The Morgan fingerprint density at radius 2 is 2.19 bits per heavy atom. The average Bonchev–Trinajstić information content (AvgIpc) is 2.48. The van der Waals surface area contributed by atoms with Gasteiger partial charge in [-0.15, -0.1) is 0 Å². The van der Waals surface area contributed by atoms with E-state index in [9.17, 15) is 4.79 Å². The molecule has 106 valence electrons. The van der Waals surface area contributed by atoms with Gasteiger partial charge in [0.05, 0.1) is 16.1 Å². The van der Waals surface area contributed by atoms with Crippen LogP contribution in [-0.2, 0) is 0 Å². The van der Waals surface area contributed by atoms with Crippen LogP contribution in [-0.4, -0.2) is 17.4 Å². The highest BCUT2D eigenvalue weighted by atomic mass is 35.5. The van der Waals surface area contributed by atoms with E-state index in [1.807, 2.05) is 13.0 Å². The van der Waals surface area contributed by atoms with E-state index in [1.165, 1.54) is 6.20 Å². The number of hydrogen-bond donors (Lipinski definition) is 2. The molecule has 0 atom stereocenters. The lowest BCUT2D eigenvalue weighted by Crippen LogP contribution is -2.12. The Morgan fingerprint density at radius 1 is 1.38 bits per heavy atom. The molecule has 6 heteroatoms. The third kappa shape index (κ3) is 3.71. The minimum atomic E-state index is -0.286. The number of nitrogens with zero attached hydrogens (tertiary/aromatic N) is 2. The highest BCUT2D eigenvalue weighted by Gasteiger charge is 2.08. The third-order valence-corrected chi connectivity index (χ3v) is 3.04. The molecule has 0 fully saturated rings. The van der Waals surface area contributed by atoms with Gasteiger partial charge in [-0.2, -0.15) is 5.26 Å². The van der Waals surface area contributed by atoms with Crippen molar-refractivity contribution in [3.05, 3.63) is 52.7 Å². The Kier molecular flexibility index (Phi) is 4.75. The van der Waals surface area contributed by atoms with Crippen molar-refractivity contribution in [1.82, 2.24) is 4.98 Å². The molecule has 0 aliphatic heterocycles. The summed E-state index contributed by atoms with van der Waals surface area (Å²) < 4.78 is 0. The van der Waals surface area contributed by atoms with Gasteiger partial charge in [0, 0.05) is 18.4 Å². The van der Waals surface area contributed by atoms with Crippen LogP contribution >= 0.6 is 11.6 Å².